The van der Waals surface area contributed by atoms with Crippen molar-refractivity contribution in [2.24, 2.45) is 0 Å². The summed E-state index contributed by atoms with van der Waals surface area (Å²) in [5, 5.41) is 6.10. The Balaban J connectivity index is 1.77. The van der Waals surface area contributed by atoms with Gasteiger partial charge in [-0.3, -0.25) is 0 Å². The van der Waals surface area contributed by atoms with E-state index >= 15 is 0 Å². The van der Waals surface area contributed by atoms with Gasteiger partial charge >= 0.3 is 0 Å². The van der Waals surface area contributed by atoms with E-state index in [1.54, 1.807) is 12.1 Å². The van der Waals surface area contributed by atoms with Crippen LogP contribution in [0.5, 0.6) is 5.75 Å². The van der Waals surface area contributed by atoms with E-state index in [-0.39, 0.29) is 5.82 Å². The number of ether oxygens (including phenoxy) is 1. The van der Waals surface area contributed by atoms with E-state index in [4.69, 9.17) is 4.74 Å². The molecule has 1 N–H and O–H groups in total. The molecule has 0 bridgehead atoms. The van der Waals surface area contributed by atoms with Crippen LogP contribution in [0.1, 0.15) is 18.5 Å². The molecule has 19 heavy (non-hydrogen) atoms. The Morgan fingerprint density at radius 2 is 2.32 bits per heavy atom. The van der Waals surface area contributed by atoms with Gasteiger partial charge < -0.3 is 10.1 Å². The summed E-state index contributed by atoms with van der Waals surface area (Å²) in [5.41, 5.74) is 1.51. The lowest BCUT2D eigenvalue weighted by molar-refractivity contribution is 0.411. The first kappa shape index (κ1) is 12.6. The van der Waals surface area contributed by atoms with Crippen molar-refractivity contribution < 1.29 is 9.13 Å². The van der Waals surface area contributed by atoms with Crippen LogP contribution >= 0.6 is 11.3 Å². The molecule has 100 valence electrons. The quantitative estimate of drug-likeness (QED) is 0.912. The molecule has 1 fully saturated rings. The van der Waals surface area contributed by atoms with Gasteiger partial charge in [-0.2, -0.15) is 0 Å². The number of nitrogens with zero attached hydrogens (tertiary/aromatic N) is 1. The molecular formula is C14H15FN2OS. The van der Waals surface area contributed by atoms with Crippen LogP contribution in [0.3, 0.4) is 0 Å². The zero-order valence-corrected chi connectivity index (χ0v) is 11.5. The maximum absolute atomic E-state index is 13.9. The molecule has 0 amide bonds. The molecule has 3 rings (SSSR count). The van der Waals surface area contributed by atoms with Crippen LogP contribution < -0.4 is 10.1 Å². The fourth-order valence-electron chi connectivity index (χ4n) is 1.84. The second-order valence-corrected chi connectivity index (χ2v) is 5.50. The van der Waals surface area contributed by atoms with E-state index in [1.165, 1.54) is 37.4 Å². The third kappa shape index (κ3) is 2.93. The normalized spacial score (nSPS) is 14.6. The smallest absolute Gasteiger partial charge is 0.137 e. The Hall–Kier alpha value is -1.46. The molecule has 0 aliphatic heterocycles. The average molecular weight is 278 g/mol. The van der Waals surface area contributed by atoms with Gasteiger partial charge in [-0.25, -0.2) is 9.37 Å². The van der Waals surface area contributed by atoms with Crippen LogP contribution in [-0.4, -0.2) is 18.1 Å². The van der Waals surface area contributed by atoms with Gasteiger partial charge in [-0.05, 0) is 25.0 Å². The van der Waals surface area contributed by atoms with Crippen molar-refractivity contribution in [3.63, 3.8) is 0 Å². The van der Waals surface area contributed by atoms with Gasteiger partial charge in [0.25, 0.3) is 0 Å². The lowest BCUT2D eigenvalue weighted by Gasteiger charge is -2.03. The Morgan fingerprint density at radius 1 is 1.47 bits per heavy atom. The fourth-order valence-corrected chi connectivity index (χ4v) is 2.69. The standard InChI is InChI=1S/C14H15FN2OS/c1-18-11-4-5-12(13(15)6-11)14-17-10(8-19-14)7-16-9-2-3-9/h4-6,8-9,16H,2-3,7H2,1H3. The van der Waals surface area contributed by atoms with Gasteiger partial charge in [-0.1, -0.05) is 0 Å². The Bertz CT molecular complexity index is 581. The van der Waals surface area contributed by atoms with Crippen molar-refractivity contribution >= 4 is 11.3 Å². The Kier molecular flexibility index (Phi) is 3.48. The molecule has 0 spiro atoms. The van der Waals surface area contributed by atoms with E-state index in [1.807, 2.05) is 5.38 Å². The van der Waals surface area contributed by atoms with Gasteiger partial charge in [0.15, 0.2) is 0 Å². The van der Waals surface area contributed by atoms with Crippen LogP contribution in [0.2, 0.25) is 0 Å². The lowest BCUT2D eigenvalue weighted by Crippen LogP contribution is -2.15. The highest BCUT2D eigenvalue weighted by molar-refractivity contribution is 7.13. The van der Waals surface area contributed by atoms with Gasteiger partial charge in [0.05, 0.1) is 12.8 Å². The SMILES string of the molecule is COc1ccc(-c2nc(CNC3CC3)cs2)c(F)c1. The van der Waals surface area contributed by atoms with Gasteiger partial charge in [0.2, 0.25) is 0 Å². The summed E-state index contributed by atoms with van der Waals surface area (Å²) in [6.07, 6.45) is 2.51. The largest absolute Gasteiger partial charge is 0.497 e. The maximum atomic E-state index is 13.9. The number of benzene rings is 1. The number of hydrogen-bond donors (Lipinski definition) is 1. The summed E-state index contributed by atoms with van der Waals surface area (Å²) >= 11 is 1.47. The van der Waals surface area contributed by atoms with Gasteiger partial charge in [-0.15, -0.1) is 11.3 Å². The number of rotatable bonds is 5. The summed E-state index contributed by atoms with van der Waals surface area (Å²) in [6.45, 7) is 0.763. The van der Waals surface area contributed by atoms with Gasteiger partial charge in [0, 0.05) is 29.6 Å². The molecule has 0 saturated heterocycles. The molecule has 1 saturated carbocycles. The summed E-state index contributed by atoms with van der Waals surface area (Å²) < 4.78 is 18.9. The number of hydrogen-bond acceptors (Lipinski definition) is 4. The van der Waals surface area contributed by atoms with E-state index in [0.29, 0.717) is 22.4 Å². The van der Waals surface area contributed by atoms with Crippen LogP contribution in [0.25, 0.3) is 10.6 Å². The predicted molar refractivity (Wildman–Crippen MR) is 73.9 cm³/mol. The highest BCUT2D eigenvalue weighted by Gasteiger charge is 2.20. The van der Waals surface area contributed by atoms with Crippen molar-refractivity contribution in [3.8, 4) is 16.3 Å². The zero-order chi connectivity index (χ0) is 13.2. The van der Waals surface area contributed by atoms with E-state index in [2.05, 4.69) is 10.3 Å². The van der Waals surface area contributed by atoms with E-state index in [0.717, 1.165) is 12.2 Å². The first-order valence-electron chi connectivity index (χ1n) is 6.28. The van der Waals surface area contributed by atoms with Crippen LogP contribution in [0, 0.1) is 5.82 Å². The number of halogens is 1. The third-order valence-corrected chi connectivity index (χ3v) is 4.03. The molecule has 0 atom stereocenters. The average Bonchev–Trinajstić information content (AvgIpc) is 3.14. The van der Waals surface area contributed by atoms with Crippen LogP contribution in [0.15, 0.2) is 23.6 Å². The summed E-state index contributed by atoms with van der Waals surface area (Å²) in [5.74, 6) is 0.226. The highest BCUT2D eigenvalue weighted by Crippen LogP contribution is 2.29. The zero-order valence-electron chi connectivity index (χ0n) is 10.6. The molecule has 3 nitrogen and oxygen atoms in total. The molecule has 5 heteroatoms. The number of thiazole rings is 1. The van der Waals surface area contributed by atoms with Crippen LogP contribution in [-0.2, 0) is 6.54 Å². The maximum Gasteiger partial charge on any atom is 0.137 e. The molecule has 1 aromatic carbocycles. The third-order valence-electron chi connectivity index (χ3n) is 3.11. The molecule has 1 aliphatic rings. The van der Waals surface area contributed by atoms with Crippen molar-refractivity contribution in [3.05, 3.63) is 35.1 Å². The van der Waals surface area contributed by atoms with Crippen molar-refractivity contribution in [1.82, 2.24) is 10.3 Å². The summed E-state index contributed by atoms with van der Waals surface area (Å²) in [4.78, 5) is 4.47. The van der Waals surface area contributed by atoms with E-state index in [9.17, 15) is 4.39 Å². The predicted octanol–water partition coefficient (Wildman–Crippen LogP) is 3.21. The lowest BCUT2D eigenvalue weighted by atomic mass is 10.2. The Labute approximate surface area is 115 Å². The second kappa shape index (κ2) is 5.27. The number of aromatic nitrogens is 1. The Morgan fingerprint density at radius 3 is 3.00 bits per heavy atom. The van der Waals surface area contributed by atoms with Gasteiger partial charge in [0.1, 0.15) is 16.6 Å². The summed E-state index contributed by atoms with van der Waals surface area (Å²) in [7, 11) is 1.53. The molecule has 1 aromatic heterocycles. The first-order chi connectivity index (χ1) is 9.26. The molecular weight excluding hydrogens is 263 g/mol. The minimum Gasteiger partial charge on any atom is -0.497 e. The molecule has 0 unspecified atom stereocenters. The van der Waals surface area contributed by atoms with Crippen molar-refractivity contribution in [2.45, 2.75) is 25.4 Å². The molecule has 1 heterocycles. The fraction of sp³-hybridized carbons (Fsp3) is 0.357. The second-order valence-electron chi connectivity index (χ2n) is 4.64. The van der Waals surface area contributed by atoms with Crippen molar-refractivity contribution in [2.75, 3.05) is 7.11 Å². The monoisotopic (exact) mass is 278 g/mol. The van der Waals surface area contributed by atoms with Crippen LogP contribution in [0.4, 0.5) is 4.39 Å². The molecule has 1 aliphatic carbocycles. The minimum atomic E-state index is -0.296. The number of methoxy groups -OCH3 is 1. The molecule has 2 aromatic rings. The first-order valence-corrected chi connectivity index (χ1v) is 7.16. The topological polar surface area (TPSA) is 34.1 Å². The van der Waals surface area contributed by atoms with E-state index < -0.39 is 0 Å². The number of nitrogens with one attached hydrogen (secondary N) is 1. The van der Waals surface area contributed by atoms with Crippen molar-refractivity contribution in [1.29, 1.82) is 0 Å². The minimum absolute atomic E-state index is 0.296. The summed E-state index contributed by atoms with van der Waals surface area (Å²) in [6, 6.07) is 5.51. The molecule has 0 radical (unpaired) electrons. The highest BCUT2D eigenvalue weighted by atomic mass is 32.1.